The van der Waals surface area contributed by atoms with Crippen LogP contribution in [0.4, 0.5) is 0 Å². The van der Waals surface area contributed by atoms with Crippen molar-refractivity contribution >= 4 is 27.3 Å². The molecule has 0 aromatic carbocycles. The van der Waals surface area contributed by atoms with Crippen molar-refractivity contribution in [2.24, 2.45) is 7.05 Å². The molecule has 0 aliphatic rings. The molecule has 0 bridgehead atoms. The van der Waals surface area contributed by atoms with Crippen molar-refractivity contribution in [2.75, 3.05) is 13.6 Å². The van der Waals surface area contributed by atoms with E-state index >= 15 is 0 Å². The maximum atomic E-state index is 4.34. The number of aromatic nitrogens is 2. The van der Waals surface area contributed by atoms with E-state index in [1.807, 2.05) is 25.0 Å². The minimum Gasteiger partial charge on any atom is -0.319 e. The monoisotopic (exact) mass is 299 g/mol. The van der Waals surface area contributed by atoms with Crippen LogP contribution >= 0.6 is 27.3 Å². The third-order valence-corrected chi connectivity index (χ3v) is 4.17. The Kier molecular flexibility index (Phi) is 3.78. The van der Waals surface area contributed by atoms with Crippen LogP contribution < -0.4 is 5.32 Å². The first-order valence-corrected chi connectivity index (χ1v) is 6.74. The molecule has 0 atom stereocenters. The number of hydrogen-bond acceptors (Lipinski definition) is 3. The van der Waals surface area contributed by atoms with Gasteiger partial charge in [0, 0.05) is 36.1 Å². The van der Waals surface area contributed by atoms with Crippen molar-refractivity contribution in [2.45, 2.75) is 6.42 Å². The van der Waals surface area contributed by atoms with Crippen LogP contribution in [0.3, 0.4) is 0 Å². The van der Waals surface area contributed by atoms with Crippen molar-refractivity contribution in [3.8, 4) is 10.4 Å². The van der Waals surface area contributed by atoms with Gasteiger partial charge in [0.15, 0.2) is 0 Å². The van der Waals surface area contributed by atoms with Crippen LogP contribution in [0.1, 0.15) is 5.69 Å². The smallest absolute Gasteiger partial charge is 0.0705 e. The molecule has 0 amide bonds. The third kappa shape index (κ3) is 2.36. The van der Waals surface area contributed by atoms with E-state index in [0.717, 1.165) is 16.8 Å². The van der Waals surface area contributed by atoms with Gasteiger partial charge in [0.1, 0.15) is 0 Å². The number of thiophene rings is 1. The van der Waals surface area contributed by atoms with Crippen LogP contribution in [0, 0.1) is 0 Å². The summed E-state index contributed by atoms with van der Waals surface area (Å²) in [5.74, 6) is 0. The summed E-state index contributed by atoms with van der Waals surface area (Å²) in [6.07, 6.45) is 2.95. The molecule has 2 aromatic rings. The van der Waals surface area contributed by atoms with Gasteiger partial charge in [-0.25, -0.2) is 0 Å². The second-order valence-corrected chi connectivity index (χ2v) is 6.05. The number of nitrogens with one attached hydrogen (secondary N) is 1. The molecular weight excluding hydrogens is 286 g/mol. The minimum atomic E-state index is 0.971. The maximum Gasteiger partial charge on any atom is 0.0705 e. The standard InChI is InChI=1S/C11H14BrN3S/c1-13-6-5-9-8(7-14-15(9)2)10-3-4-11(12)16-10/h3-4,7,13H,5-6H2,1-2H3. The van der Waals surface area contributed by atoms with Gasteiger partial charge in [-0.2, -0.15) is 5.10 Å². The topological polar surface area (TPSA) is 29.9 Å². The first kappa shape index (κ1) is 11.8. The lowest BCUT2D eigenvalue weighted by Crippen LogP contribution is -2.13. The average Bonchev–Trinajstić information content (AvgIpc) is 2.82. The number of hydrogen-bond donors (Lipinski definition) is 1. The van der Waals surface area contributed by atoms with Crippen molar-refractivity contribution in [3.05, 3.63) is 27.8 Å². The second-order valence-electron chi connectivity index (χ2n) is 3.59. The van der Waals surface area contributed by atoms with Gasteiger partial charge in [0.05, 0.1) is 9.98 Å². The molecule has 2 heterocycles. The zero-order valence-corrected chi connectivity index (χ0v) is 11.7. The first-order chi connectivity index (χ1) is 7.72. The fourth-order valence-electron chi connectivity index (χ4n) is 1.67. The van der Waals surface area contributed by atoms with E-state index in [9.17, 15) is 0 Å². The van der Waals surface area contributed by atoms with E-state index < -0.39 is 0 Å². The Hall–Kier alpha value is -0.650. The zero-order valence-electron chi connectivity index (χ0n) is 9.33. The van der Waals surface area contributed by atoms with Crippen molar-refractivity contribution < 1.29 is 0 Å². The lowest BCUT2D eigenvalue weighted by Gasteiger charge is -2.04. The fourth-order valence-corrected chi connectivity index (χ4v) is 3.09. The molecule has 0 spiro atoms. The molecule has 5 heteroatoms. The second kappa shape index (κ2) is 5.12. The fraction of sp³-hybridized carbons (Fsp3) is 0.364. The molecule has 3 nitrogen and oxygen atoms in total. The highest BCUT2D eigenvalue weighted by molar-refractivity contribution is 9.11. The SMILES string of the molecule is CNCCc1c(-c2ccc(Br)s2)cnn1C. The normalized spacial score (nSPS) is 10.9. The van der Waals surface area contributed by atoms with Crippen LogP contribution in [-0.2, 0) is 13.5 Å². The molecule has 86 valence electrons. The Morgan fingerprint density at radius 3 is 2.94 bits per heavy atom. The number of halogens is 1. The van der Waals surface area contributed by atoms with Crippen LogP contribution in [-0.4, -0.2) is 23.4 Å². The van der Waals surface area contributed by atoms with Gasteiger partial charge in [-0.3, -0.25) is 4.68 Å². The maximum absolute atomic E-state index is 4.34. The predicted octanol–water partition coefficient (Wildman–Crippen LogP) is 2.67. The quantitative estimate of drug-likeness (QED) is 0.941. The summed E-state index contributed by atoms with van der Waals surface area (Å²) in [5, 5.41) is 7.51. The molecule has 0 saturated heterocycles. The summed E-state index contributed by atoms with van der Waals surface area (Å²) in [6.45, 7) is 0.971. The molecule has 0 aliphatic carbocycles. The lowest BCUT2D eigenvalue weighted by atomic mass is 10.1. The molecule has 16 heavy (non-hydrogen) atoms. The van der Waals surface area contributed by atoms with Crippen LogP contribution in [0.5, 0.6) is 0 Å². The average molecular weight is 300 g/mol. The number of nitrogens with zero attached hydrogens (tertiary/aromatic N) is 2. The van der Waals surface area contributed by atoms with Gasteiger partial charge in [0.25, 0.3) is 0 Å². The molecule has 1 N–H and O–H groups in total. The summed E-state index contributed by atoms with van der Waals surface area (Å²) >= 11 is 5.24. The summed E-state index contributed by atoms with van der Waals surface area (Å²) in [7, 11) is 3.97. The highest BCUT2D eigenvalue weighted by Gasteiger charge is 2.11. The number of aryl methyl sites for hydroxylation is 1. The van der Waals surface area contributed by atoms with E-state index in [1.165, 1.54) is 16.1 Å². The number of likely N-dealkylation sites (N-methyl/N-ethyl adjacent to an activating group) is 1. The van der Waals surface area contributed by atoms with Crippen LogP contribution in [0.15, 0.2) is 22.1 Å². The Morgan fingerprint density at radius 2 is 2.31 bits per heavy atom. The molecule has 0 radical (unpaired) electrons. The Bertz CT molecular complexity index is 475. The van der Waals surface area contributed by atoms with Gasteiger partial charge in [-0.05, 0) is 35.1 Å². The highest BCUT2D eigenvalue weighted by atomic mass is 79.9. The summed E-state index contributed by atoms with van der Waals surface area (Å²) in [4.78, 5) is 1.27. The molecule has 0 saturated carbocycles. The van der Waals surface area contributed by atoms with E-state index in [4.69, 9.17) is 0 Å². The summed E-state index contributed by atoms with van der Waals surface area (Å²) in [6, 6.07) is 4.21. The molecule has 0 fully saturated rings. The van der Waals surface area contributed by atoms with E-state index in [2.05, 4.69) is 38.5 Å². The van der Waals surface area contributed by atoms with Gasteiger partial charge >= 0.3 is 0 Å². The molecule has 0 aliphatic heterocycles. The van der Waals surface area contributed by atoms with Gasteiger partial charge in [-0.15, -0.1) is 11.3 Å². The molecule has 2 aromatic heterocycles. The molecule has 0 unspecified atom stereocenters. The summed E-state index contributed by atoms with van der Waals surface area (Å²) in [5.41, 5.74) is 2.53. The minimum absolute atomic E-state index is 0.971. The van der Waals surface area contributed by atoms with Gasteiger partial charge in [0.2, 0.25) is 0 Å². The van der Waals surface area contributed by atoms with Gasteiger partial charge in [-0.1, -0.05) is 0 Å². The zero-order chi connectivity index (χ0) is 11.5. The Labute approximate surface area is 108 Å². The van der Waals surface area contributed by atoms with Crippen molar-refractivity contribution in [1.29, 1.82) is 0 Å². The van der Waals surface area contributed by atoms with Gasteiger partial charge < -0.3 is 5.32 Å². The summed E-state index contributed by atoms with van der Waals surface area (Å²) < 4.78 is 3.12. The largest absolute Gasteiger partial charge is 0.319 e. The lowest BCUT2D eigenvalue weighted by molar-refractivity contribution is 0.682. The van der Waals surface area contributed by atoms with E-state index in [0.29, 0.717) is 0 Å². The van der Waals surface area contributed by atoms with Crippen LogP contribution in [0.2, 0.25) is 0 Å². The Morgan fingerprint density at radius 1 is 1.50 bits per heavy atom. The molecular formula is C11H14BrN3S. The first-order valence-electron chi connectivity index (χ1n) is 5.13. The van der Waals surface area contributed by atoms with Crippen molar-refractivity contribution in [3.63, 3.8) is 0 Å². The molecule has 2 rings (SSSR count). The van der Waals surface area contributed by atoms with E-state index in [-0.39, 0.29) is 0 Å². The predicted molar refractivity (Wildman–Crippen MR) is 71.9 cm³/mol. The van der Waals surface area contributed by atoms with E-state index in [1.54, 1.807) is 11.3 Å². The Balaban J connectivity index is 2.33. The van der Waals surface area contributed by atoms with Crippen LogP contribution in [0.25, 0.3) is 10.4 Å². The third-order valence-electron chi connectivity index (χ3n) is 2.51. The number of rotatable bonds is 4. The highest BCUT2D eigenvalue weighted by Crippen LogP contribution is 2.33. The van der Waals surface area contributed by atoms with Crippen molar-refractivity contribution in [1.82, 2.24) is 15.1 Å².